The molecule has 0 unspecified atom stereocenters. The van der Waals surface area contributed by atoms with E-state index in [1.165, 1.54) is 15.5 Å². The number of nitrogens with zero attached hydrogens (tertiary/aromatic N) is 2. The number of ether oxygens (including phenoxy) is 1. The van der Waals surface area contributed by atoms with E-state index in [9.17, 15) is 9.59 Å². The maximum atomic E-state index is 12.7. The van der Waals surface area contributed by atoms with Gasteiger partial charge in [-0.25, -0.2) is 9.69 Å². The zero-order chi connectivity index (χ0) is 18.3. The van der Waals surface area contributed by atoms with Crippen LogP contribution in [-0.2, 0) is 4.79 Å². The maximum Gasteiger partial charge on any atom is 0.329 e. The first-order valence-electron chi connectivity index (χ1n) is 9.38. The minimum atomic E-state index is -0.679. The third-order valence-electron chi connectivity index (χ3n) is 5.98. The fourth-order valence-electron chi connectivity index (χ4n) is 4.05. The summed E-state index contributed by atoms with van der Waals surface area (Å²) in [6.07, 6.45) is 2.06. The van der Waals surface area contributed by atoms with Gasteiger partial charge in [0.25, 0.3) is 5.91 Å². The van der Waals surface area contributed by atoms with E-state index in [0.717, 1.165) is 44.8 Å². The van der Waals surface area contributed by atoms with Gasteiger partial charge in [-0.2, -0.15) is 0 Å². The molecule has 1 saturated carbocycles. The van der Waals surface area contributed by atoms with Crippen molar-refractivity contribution >= 4 is 17.6 Å². The second-order valence-corrected chi connectivity index (χ2v) is 7.73. The van der Waals surface area contributed by atoms with Gasteiger partial charge in [0.1, 0.15) is 11.3 Å². The molecule has 0 radical (unpaired) electrons. The van der Waals surface area contributed by atoms with Gasteiger partial charge in [0.05, 0.1) is 33.3 Å². The average molecular weight is 359 g/mol. The van der Waals surface area contributed by atoms with E-state index in [0.29, 0.717) is 12.6 Å². The number of urea groups is 1. The van der Waals surface area contributed by atoms with E-state index in [1.54, 1.807) is 7.11 Å². The standard InChI is InChI=1S/C19H26N4O3/c1-19(14-3-4-14)17(24)23(18(25)20-19)13-21-9-11-22(12-10-21)15-5-7-16(26-2)8-6-15/h5-8,14H,3-4,9-13H2,1-2H3,(H,20,25)/p+1/t19-/m1/s1. The van der Waals surface area contributed by atoms with Gasteiger partial charge < -0.3 is 19.9 Å². The van der Waals surface area contributed by atoms with Gasteiger partial charge in [-0.3, -0.25) is 4.79 Å². The topological polar surface area (TPSA) is 66.3 Å². The SMILES string of the molecule is COc1ccc(N2CC[NH+](CN3C(=O)N[C@](C)(C4CC4)C3=O)CC2)cc1. The predicted octanol–water partition coefficient (Wildman–Crippen LogP) is 0.0781. The third kappa shape index (κ3) is 3.00. The molecule has 2 aliphatic heterocycles. The number of rotatable bonds is 5. The third-order valence-corrected chi connectivity index (χ3v) is 5.98. The Morgan fingerprint density at radius 2 is 1.85 bits per heavy atom. The minimum absolute atomic E-state index is 0.0462. The Morgan fingerprint density at radius 1 is 1.19 bits per heavy atom. The smallest absolute Gasteiger partial charge is 0.329 e. The van der Waals surface area contributed by atoms with Crippen molar-refractivity contribution < 1.29 is 19.2 Å². The molecule has 1 atom stereocenters. The number of imide groups is 1. The summed E-state index contributed by atoms with van der Waals surface area (Å²) in [5, 5.41) is 2.93. The summed E-state index contributed by atoms with van der Waals surface area (Å²) >= 11 is 0. The highest BCUT2D eigenvalue weighted by molar-refractivity contribution is 6.07. The number of piperazine rings is 1. The number of carbonyl (C=O) groups is 2. The van der Waals surface area contributed by atoms with E-state index in [1.807, 2.05) is 19.1 Å². The lowest BCUT2D eigenvalue weighted by Crippen LogP contribution is -3.16. The minimum Gasteiger partial charge on any atom is -0.497 e. The van der Waals surface area contributed by atoms with Gasteiger partial charge in [-0.05, 0) is 49.9 Å². The van der Waals surface area contributed by atoms with Crippen LogP contribution in [-0.4, -0.2) is 62.3 Å². The summed E-state index contributed by atoms with van der Waals surface area (Å²) in [6.45, 7) is 5.97. The summed E-state index contributed by atoms with van der Waals surface area (Å²) in [4.78, 5) is 30.1. The fourth-order valence-corrected chi connectivity index (χ4v) is 4.05. The van der Waals surface area contributed by atoms with Crippen molar-refractivity contribution in [1.82, 2.24) is 10.2 Å². The molecule has 7 nitrogen and oxygen atoms in total. The molecule has 0 aromatic heterocycles. The van der Waals surface area contributed by atoms with Gasteiger partial charge in [0, 0.05) is 5.69 Å². The molecule has 0 bridgehead atoms. The van der Waals surface area contributed by atoms with E-state index in [2.05, 4.69) is 22.3 Å². The van der Waals surface area contributed by atoms with Crippen LogP contribution in [0.2, 0.25) is 0 Å². The van der Waals surface area contributed by atoms with Crippen molar-refractivity contribution in [3.8, 4) is 5.75 Å². The van der Waals surface area contributed by atoms with E-state index < -0.39 is 5.54 Å². The van der Waals surface area contributed by atoms with Crippen molar-refractivity contribution in [2.45, 2.75) is 25.3 Å². The fraction of sp³-hybridized carbons (Fsp3) is 0.579. The predicted molar refractivity (Wildman–Crippen MR) is 97.3 cm³/mol. The van der Waals surface area contributed by atoms with E-state index in [4.69, 9.17) is 4.74 Å². The Morgan fingerprint density at radius 3 is 2.42 bits per heavy atom. The molecule has 3 aliphatic rings. The Kier molecular flexibility index (Phi) is 4.26. The van der Waals surface area contributed by atoms with Crippen LogP contribution >= 0.6 is 0 Å². The average Bonchev–Trinajstić information content (AvgIpc) is 3.49. The molecule has 2 saturated heterocycles. The van der Waals surface area contributed by atoms with Gasteiger partial charge >= 0.3 is 6.03 Å². The molecule has 4 rings (SSSR count). The van der Waals surface area contributed by atoms with Gasteiger partial charge in [0.15, 0.2) is 6.67 Å². The molecule has 26 heavy (non-hydrogen) atoms. The quantitative estimate of drug-likeness (QED) is 0.731. The Hall–Kier alpha value is -2.28. The number of carbonyl (C=O) groups excluding carboxylic acids is 2. The first kappa shape index (κ1) is 17.1. The van der Waals surface area contributed by atoms with Crippen LogP contribution in [0.15, 0.2) is 24.3 Å². The molecule has 3 fully saturated rings. The number of quaternary nitrogens is 1. The Labute approximate surface area is 153 Å². The Bertz CT molecular complexity index is 695. The first-order chi connectivity index (χ1) is 12.5. The van der Waals surface area contributed by atoms with E-state index >= 15 is 0 Å². The molecule has 1 aromatic carbocycles. The molecule has 7 heteroatoms. The van der Waals surface area contributed by atoms with Crippen LogP contribution in [0.5, 0.6) is 5.75 Å². The molecule has 2 N–H and O–H groups in total. The monoisotopic (exact) mass is 359 g/mol. The molecular weight excluding hydrogens is 332 g/mol. The lowest BCUT2D eigenvalue weighted by molar-refractivity contribution is -0.907. The molecule has 1 aliphatic carbocycles. The van der Waals surface area contributed by atoms with Crippen LogP contribution in [0, 0.1) is 5.92 Å². The Balaban J connectivity index is 1.33. The van der Waals surface area contributed by atoms with Gasteiger partial charge in [-0.1, -0.05) is 0 Å². The zero-order valence-electron chi connectivity index (χ0n) is 15.5. The van der Waals surface area contributed by atoms with Crippen molar-refractivity contribution in [2.75, 3.05) is 44.9 Å². The highest BCUT2D eigenvalue weighted by atomic mass is 16.5. The van der Waals surface area contributed by atoms with Crippen molar-refractivity contribution in [3.05, 3.63) is 24.3 Å². The lowest BCUT2D eigenvalue weighted by Gasteiger charge is -2.34. The summed E-state index contributed by atoms with van der Waals surface area (Å²) in [7, 11) is 1.67. The van der Waals surface area contributed by atoms with Crippen molar-refractivity contribution in [2.24, 2.45) is 5.92 Å². The van der Waals surface area contributed by atoms with Crippen LogP contribution in [0.3, 0.4) is 0 Å². The zero-order valence-corrected chi connectivity index (χ0v) is 15.5. The second kappa shape index (κ2) is 6.46. The number of anilines is 1. The highest BCUT2D eigenvalue weighted by Crippen LogP contribution is 2.42. The van der Waals surface area contributed by atoms with Crippen LogP contribution in [0.25, 0.3) is 0 Å². The summed E-state index contributed by atoms with van der Waals surface area (Å²) in [5.74, 6) is 1.12. The maximum absolute atomic E-state index is 12.7. The second-order valence-electron chi connectivity index (χ2n) is 7.73. The molecule has 0 spiro atoms. The summed E-state index contributed by atoms with van der Waals surface area (Å²) < 4.78 is 5.21. The largest absolute Gasteiger partial charge is 0.497 e. The lowest BCUT2D eigenvalue weighted by atomic mass is 9.96. The number of amides is 3. The molecule has 1 aromatic rings. The summed E-state index contributed by atoms with van der Waals surface area (Å²) in [6, 6.07) is 7.86. The number of methoxy groups -OCH3 is 1. The van der Waals surface area contributed by atoms with Crippen LogP contribution < -0.4 is 19.9 Å². The molecular formula is C19H27N4O3+. The van der Waals surface area contributed by atoms with Gasteiger partial charge in [-0.15, -0.1) is 0 Å². The normalized spacial score (nSPS) is 27.0. The van der Waals surface area contributed by atoms with Crippen molar-refractivity contribution in [3.63, 3.8) is 0 Å². The molecule has 140 valence electrons. The number of benzene rings is 1. The molecule has 3 amide bonds. The van der Waals surface area contributed by atoms with Crippen molar-refractivity contribution in [1.29, 1.82) is 0 Å². The highest BCUT2D eigenvalue weighted by Gasteiger charge is 2.56. The number of nitrogens with one attached hydrogen (secondary N) is 2. The molecule has 2 heterocycles. The van der Waals surface area contributed by atoms with E-state index in [-0.39, 0.29) is 11.9 Å². The first-order valence-corrected chi connectivity index (χ1v) is 9.38. The van der Waals surface area contributed by atoms with Crippen LogP contribution in [0.1, 0.15) is 19.8 Å². The van der Waals surface area contributed by atoms with Crippen LogP contribution in [0.4, 0.5) is 10.5 Å². The summed E-state index contributed by atoms with van der Waals surface area (Å²) in [5.41, 5.74) is 0.502. The van der Waals surface area contributed by atoms with Gasteiger partial charge in [0.2, 0.25) is 0 Å². The number of hydrogen-bond acceptors (Lipinski definition) is 4. The number of hydrogen-bond donors (Lipinski definition) is 2.